The number of carbonyl (C=O) groups excluding carboxylic acids is 1. The number of aryl methyl sites for hydroxylation is 1. The van der Waals surface area contributed by atoms with E-state index in [9.17, 15) is 10.1 Å². The van der Waals surface area contributed by atoms with Crippen LogP contribution in [0.5, 0.6) is 5.75 Å². The van der Waals surface area contributed by atoms with E-state index in [1.807, 2.05) is 89.5 Å². The predicted octanol–water partition coefficient (Wildman–Crippen LogP) is 9.10. The van der Waals surface area contributed by atoms with Gasteiger partial charge in [-0.05, 0) is 96.1 Å². The first-order valence-electron chi connectivity index (χ1n) is 18.4. The van der Waals surface area contributed by atoms with Gasteiger partial charge in [0.05, 0.1) is 39.6 Å². The summed E-state index contributed by atoms with van der Waals surface area (Å²) in [6, 6.07) is 43.2. The maximum absolute atomic E-state index is 14.9. The Bertz CT molecular complexity index is 2230. The minimum Gasteiger partial charge on any atom is -0.489 e. The molecule has 0 radical (unpaired) electrons. The molecule has 0 aliphatic heterocycles. The largest absolute Gasteiger partial charge is 0.489 e. The summed E-state index contributed by atoms with van der Waals surface area (Å²) in [5.41, 5.74) is 9.72. The normalized spacial score (nSPS) is 11.4. The van der Waals surface area contributed by atoms with Gasteiger partial charge in [0.25, 0.3) is 5.91 Å². The maximum atomic E-state index is 14.9. The number of hydrazine groups is 1. The number of carbonyl (C=O) groups is 1. The van der Waals surface area contributed by atoms with E-state index in [0.717, 1.165) is 52.8 Å². The standard InChI is InChI=1S/C45H42Cl2N6O2S/c46-41-15-7-14-38(43(41)47)27-40(42-29-49-32-52(42)30-36-18-16-35(28-48)17-19-36)44(54)53(45(56)50-26-24-33-9-3-1-4-10-33)51-25-8-13-34-20-22-39(23-21-34)55-31-37-11-5-2-6-12-37/h1-7,9-12,14-23,29,32,40,51H,8,13,24-27,30-31H2,(H,50,56). The summed E-state index contributed by atoms with van der Waals surface area (Å²) in [6.45, 7) is 1.97. The van der Waals surface area contributed by atoms with E-state index in [0.29, 0.717) is 47.5 Å². The number of halogens is 2. The number of ether oxygens (including phenoxy) is 1. The van der Waals surface area contributed by atoms with E-state index < -0.39 is 5.92 Å². The molecule has 0 bridgehead atoms. The molecule has 2 N–H and O–H groups in total. The number of nitrogens with zero attached hydrogens (tertiary/aromatic N) is 4. The van der Waals surface area contributed by atoms with Gasteiger partial charge in [0.2, 0.25) is 0 Å². The van der Waals surface area contributed by atoms with Crippen molar-refractivity contribution in [2.75, 3.05) is 13.1 Å². The summed E-state index contributed by atoms with van der Waals surface area (Å²) in [7, 11) is 0. The Labute approximate surface area is 343 Å². The van der Waals surface area contributed by atoms with E-state index in [2.05, 4.69) is 46.1 Å². The zero-order valence-electron chi connectivity index (χ0n) is 30.8. The van der Waals surface area contributed by atoms with Crippen LogP contribution in [0.3, 0.4) is 0 Å². The lowest BCUT2D eigenvalue weighted by Crippen LogP contribution is -2.54. The number of rotatable bonds is 17. The van der Waals surface area contributed by atoms with Gasteiger partial charge in [-0.1, -0.05) is 120 Å². The van der Waals surface area contributed by atoms with Crippen molar-refractivity contribution >= 4 is 46.4 Å². The molecule has 0 saturated heterocycles. The second kappa shape index (κ2) is 20.4. The molecule has 1 aromatic heterocycles. The lowest BCUT2D eigenvalue weighted by atomic mass is 9.95. The van der Waals surface area contributed by atoms with Gasteiger partial charge in [-0.2, -0.15) is 5.26 Å². The molecule has 1 heterocycles. The van der Waals surface area contributed by atoms with Crippen LogP contribution in [0.15, 0.2) is 140 Å². The van der Waals surface area contributed by atoms with Crippen LogP contribution in [0.25, 0.3) is 0 Å². The minimum atomic E-state index is -0.739. The van der Waals surface area contributed by atoms with Gasteiger partial charge in [-0.15, -0.1) is 0 Å². The summed E-state index contributed by atoms with van der Waals surface area (Å²) >= 11 is 19.1. The number of amides is 1. The van der Waals surface area contributed by atoms with Crippen molar-refractivity contribution in [3.63, 3.8) is 0 Å². The molecule has 1 amide bonds. The molecule has 0 fully saturated rings. The fourth-order valence-electron chi connectivity index (χ4n) is 6.30. The molecule has 0 aliphatic carbocycles. The number of thiocarbonyl (C=S) groups is 1. The minimum absolute atomic E-state index is 0.251. The summed E-state index contributed by atoms with van der Waals surface area (Å²) < 4.78 is 7.91. The smallest absolute Gasteiger partial charge is 0.252 e. The summed E-state index contributed by atoms with van der Waals surface area (Å²) in [5.74, 6) is -0.194. The van der Waals surface area contributed by atoms with Gasteiger partial charge in [0.15, 0.2) is 5.11 Å². The first kappa shape index (κ1) is 40.2. The number of nitriles is 1. The van der Waals surface area contributed by atoms with E-state index >= 15 is 0 Å². The molecule has 5 aromatic carbocycles. The summed E-state index contributed by atoms with van der Waals surface area (Å²) in [6.07, 6.45) is 5.92. The molecule has 1 unspecified atom stereocenters. The molecule has 0 aliphatic rings. The van der Waals surface area contributed by atoms with Crippen molar-refractivity contribution in [3.05, 3.63) is 189 Å². The monoisotopic (exact) mass is 800 g/mol. The molecule has 0 spiro atoms. The van der Waals surface area contributed by atoms with Crippen LogP contribution in [-0.4, -0.2) is 38.7 Å². The lowest BCUT2D eigenvalue weighted by molar-refractivity contribution is -0.131. The van der Waals surface area contributed by atoms with Crippen LogP contribution in [0.2, 0.25) is 10.0 Å². The Morgan fingerprint density at radius 3 is 2.21 bits per heavy atom. The number of hydrogen-bond donors (Lipinski definition) is 2. The first-order chi connectivity index (χ1) is 27.4. The average molecular weight is 802 g/mol. The number of hydrogen-bond acceptors (Lipinski definition) is 6. The maximum Gasteiger partial charge on any atom is 0.252 e. The van der Waals surface area contributed by atoms with Gasteiger partial charge in [-0.25, -0.2) is 15.4 Å². The highest BCUT2D eigenvalue weighted by atomic mass is 35.5. The van der Waals surface area contributed by atoms with Crippen LogP contribution < -0.4 is 15.5 Å². The number of aromatic nitrogens is 2. The third-order valence-corrected chi connectivity index (χ3v) is 10.5. The van der Waals surface area contributed by atoms with Crippen LogP contribution >= 0.6 is 35.4 Å². The van der Waals surface area contributed by atoms with Crippen molar-refractivity contribution in [2.24, 2.45) is 0 Å². The average Bonchev–Trinajstić information content (AvgIpc) is 3.69. The number of imidazole rings is 1. The number of nitrogens with one attached hydrogen (secondary N) is 2. The van der Waals surface area contributed by atoms with Crippen molar-refractivity contribution in [2.45, 2.75) is 44.8 Å². The number of benzene rings is 5. The van der Waals surface area contributed by atoms with Crippen LogP contribution in [0, 0.1) is 11.3 Å². The zero-order valence-corrected chi connectivity index (χ0v) is 33.1. The van der Waals surface area contributed by atoms with Crippen LogP contribution in [-0.2, 0) is 37.2 Å². The van der Waals surface area contributed by atoms with Gasteiger partial charge in [-0.3, -0.25) is 4.79 Å². The molecule has 1 atom stereocenters. The Morgan fingerprint density at radius 2 is 1.50 bits per heavy atom. The van der Waals surface area contributed by atoms with Gasteiger partial charge < -0.3 is 14.6 Å². The molecule has 8 nitrogen and oxygen atoms in total. The molecule has 6 rings (SSSR count). The van der Waals surface area contributed by atoms with Crippen LogP contribution in [0.1, 0.15) is 51.4 Å². The molecule has 11 heteroatoms. The van der Waals surface area contributed by atoms with Crippen molar-refractivity contribution in [3.8, 4) is 11.8 Å². The van der Waals surface area contributed by atoms with Gasteiger partial charge in [0.1, 0.15) is 12.4 Å². The van der Waals surface area contributed by atoms with Crippen molar-refractivity contribution in [1.29, 1.82) is 5.26 Å². The second-order valence-corrected chi connectivity index (χ2v) is 14.5. The van der Waals surface area contributed by atoms with E-state index in [4.69, 9.17) is 40.2 Å². The summed E-state index contributed by atoms with van der Waals surface area (Å²) in [4.78, 5) is 19.4. The predicted molar refractivity (Wildman–Crippen MR) is 227 cm³/mol. The summed E-state index contributed by atoms with van der Waals surface area (Å²) in [5, 5.41) is 15.1. The Hall–Kier alpha value is -5.50. The van der Waals surface area contributed by atoms with Gasteiger partial charge >= 0.3 is 0 Å². The van der Waals surface area contributed by atoms with Crippen LogP contribution in [0.4, 0.5) is 0 Å². The zero-order chi connectivity index (χ0) is 39.1. The highest BCUT2D eigenvalue weighted by Crippen LogP contribution is 2.31. The molecule has 284 valence electrons. The topological polar surface area (TPSA) is 95.2 Å². The first-order valence-corrected chi connectivity index (χ1v) is 19.6. The molecule has 56 heavy (non-hydrogen) atoms. The highest BCUT2D eigenvalue weighted by Gasteiger charge is 2.32. The fraction of sp³-hybridized carbons (Fsp3) is 0.200. The third kappa shape index (κ3) is 11.3. The van der Waals surface area contributed by atoms with Crippen molar-refractivity contribution < 1.29 is 9.53 Å². The van der Waals surface area contributed by atoms with E-state index in [1.165, 1.54) is 5.01 Å². The SMILES string of the molecule is N#Cc1ccc(Cn2cncc2C(Cc2cccc(Cl)c2Cl)C(=O)N(NCCCc2ccc(OCc3ccccc3)cc2)C(=S)NCCc2ccccc2)cc1. The Morgan fingerprint density at radius 1 is 0.821 bits per heavy atom. The van der Waals surface area contributed by atoms with E-state index in [1.54, 1.807) is 30.7 Å². The Kier molecular flexibility index (Phi) is 14.7. The highest BCUT2D eigenvalue weighted by molar-refractivity contribution is 7.80. The molecular weight excluding hydrogens is 760 g/mol. The fourth-order valence-corrected chi connectivity index (χ4v) is 6.95. The second-order valence-electron chi connectivity index (χ2n) is 13.3. The van der Waals surface area contributed by atoms with E-state index in [-0.39, 0.29) is 17.4 Å². The van der Waals surface area contributed by atoms with Crippen molar-refractivity contribution in [1.82, 2.24) is 25.3 Å². The lowest BCUT2D eigenvalue weighted by Gasteiger charge is -2.29. The Balaban J connectivity index is 1.20. The quantitative estimate of drug-likeness (QED) is 0.0540. The van der Waals surface area contributed by atoms with Gasteiger partial charge in [0, 0.05) is 25.8 Å². The molecular formula is C45H42Cl2N6O2S. The molecule has 0 saturated carbocycles. The molecule has 6 aromatic rings. The third-order valence-electron chi connectivity index (χ3n) is 9.33.